The molecule has 6 nitrogen and oxygen atoms in total. The zero-order chi connectivity index (χ0) is 25.9. The minimum absolute atomic E-state index is 0.0802. The number of aryl methyl sites for hydroxylation is 1. The maximum Gasteiger partial charge on any atom is 0.254 e. The van der Waals surface area contributed by atoms with E-state index in [-0.39, 0.29) is 23.8 Å². The molecule has 0 bridgehead atoms. The molecule has 0 spiro atoms. The Labute approximate surface area is 212 Å². The third kappa shape index (κ3) is 5.71. The molecular formula is C30H32N4O2. The SMILES string of the molecule is Cc1ccc(-n2nc(C(C)(C)C)cc2NC(=O)CN(C)C(=O)c2ccc(-c3ccccc3)cc2)cc1. The molecule has 0 fully saturated rings. The van der Waals surface area contributed by atoms with Gasteiger partial charge in [0, 0.05) is 24.1 Å². The quantitative estimate of drug-likeness (QED) is 0.376. The molecule has 0 unspecified atom stereocenters. The molecule has 1 aromatic heterocycles. The Kier molecular flexibility index (Phi) is 7.06. The van der Waals surface area contributed by atoms with Gasteiger partial charge in [0.05, 0.1) is 17.9 Å². The van der Waals surface area contributed by atoms with Crippen molar-refractivity contribution in [3.63, 3.8) is 0 Å². The van der Waals surface area contributed by atoms with E-state index < -0.39 is 0 Å². The number of likely N-dealkylation sites (N-methyl/N-ethyl adjacent to an activating group) is 1. The lowest BCUT2D eigenvalue weighted by atomic mass is 9.92. The molecule has 1 heterocycles. The van der Waals surface area contributed by atoms with E-state index in [0.29, 0.717) is 11.4 Å². The maximum absolute atomic E-state index is 13.0. The van der Waals surface area contributed by atoms with Crippen LogP contribution in [0.3, 0.4) is 0 Å². The van der Waals surface area contributed by atoms with Crippen LogP contribution in [0, 0.1) is 6.92 Å². The Bertz CT molecular complexity index is 1350. The van der Waals surface area contributed by atoms with Gasteiger partial charge in [-0.05, 0) is 42.3 Å². The summed E-state index contributed by atoms with van der Waals surface area (Å²) in [6.07, 6.45) is 0. The number of nitrogens with one attached hydrogen (secondary N) is 1. The fourth-order valence-electron chi connectivity index (χ4n) is 3.85. The van der Waals surface area contributed by atoms with Crippen molar-refractivity contribution in [1.82, 2.24) is 14.7 Å². The summed E-state index contributed by atoms with van der Waals surface area (Å²) in [7, 11) is 1.63. The van der Waals surface area contributed by atoms with Gasteiger partial charge < -0.3 is 10.2 Å². The normalized spacial score (nSPS) is 11.2. The van der Waals surface area contributed by atoms with Gasteiger partial charge in [-0.3, -0.25) is 9.59 Å². The van der Waals surface area contributed by atoms with Crippen LogP contribution < -0.4 is 5.32 Å². The number of hydrogen-bond donors (Lipinski definition) is 1. The maximum atomic E-state index is 13.0. The van der Waals surface area contributed by atoms with E-state index in [9.17, 15) is 9.59 Å². The molecule has 3 aromatic carbocycles. The first-order valence-corrected chi connectivity index (χ1v) is 12.0. The second kappa shape index (κ2) is 10.2. The van der Waals surface area contributed by atoms with Gasteiger partial charge in [0.15, 0.2) is 0 Å². The first-order valence-electron chi connectivity index (χ1n) is 12.0. The number of benzene rings is 3. The molecule has 0 aliphatic carbocycles. The van der Waals surface area contributed by atoms with E-state index in [2.05, 4.69) is 26.1 Å². The summed E-state index contributed by atoms with van der Waals surface area (Å²) < 4.78 is 1.74. The Balaban J connectivity index is 1.47. The predicted molar refractivity (Wildman–Crippen MR) is 144 cm³/mol. The van der Waals surface area contributed by atoms with Gasteiger partial charge in [0.2, 0.25) is 5.91 Å². The molecule has 0 aliphatic rings. The number of amides is 2. The highest BCUT2D eigenvalue weighted by atomic mass is 16.2. The summed E-state index contributed by atoms with van der Waals surface area (Å²) in [4.78, 5) is 27.3. The zero-order valence-corrected chi connectivity index (χ0v) is 21.4. The van der Waals surface area contributed by atoms with E-state index >= 15 is 0 Å². The highest BCUT2D eigenvalue weighted by Crippen LogP contribution is 2.26. The van der Waals surface area contributed by atoms with E-state index in [1.807, 2.05) is 79.7 Å². The van der Waals surface area contributed by atoms with Crippen LogP contribution in [0.25, 0.3) is 16.8 Å². The number of hydrogen-bond acceptors (Lipinski definition) is 3. The molecule has 0 atom stereocenters. The molecule has 0 aliphatic heterocycles. The fraction of sp³-hybridized carbons (Fsp3) is 0.233. The van der Waals surface area contributed by atoms with Crippen molar-refractivity contribution in [1.29, 1.82) is 0 Å². The average Bonchev–Trinajstić information content (AvgIpc) is 3.29. The lowest BCUT2D eigenvalue weighted by Crippen LogP contribution is -2.35. The van der Waals surface area contributed by atoms with Gasteiger partial charge in [0.1, 0.15) is 5.82 Å². The summed E-state index contributed by atoms with van der Waals surface area (Å²) in [5.74, 6) is 0.0644. The van der Waals surface area contributed by atoms with Gasteiger partial charge in [-0.15, -0.1) is 0 Å². The molecular weight excluding hydrogens is 448 g/mol. The minimum atomic E-state index is -0.291. The molecule has 36 heavy (non-hydrogen) atoms. The number of aromatic nitrogens is 2. The summed E-state index contributed by atoms with van der Waals surface area (Å²) in [5, 5.41) is 7.70. The largest absolute Gasteiger partial charge is 0.332 e. The standard InChI is InChI=1S/C30H32N4O2/c1-21-11-17-25(18-12-21)34-27(19-26(32-34)30(2,3)4)31-28(35)20-33(5)29(36)24-15-13-23(14-16-24)22-9-7-6-8-10-22/h6-19H,20H2,1-5H3,(H,31,35). The minimum Gasteiger partial charge on any atom is -0.332 e. The molecule has 0 saturated heterocycles. The average molecular weight is 481 g/mol. The Morgan fingerprint density at radius 2 is 1.50 bits per heavy atom. The first-order chi connectivity index (χ1) is 17.1. The Morgan fingerprint density at radius 3 is 2.11 bits per heavy atom. The fourth-order valence-corrected chi connectivity index (χ4v) is 3.85. The van der Waals surface area contributed by atoms with Crippen molar-refractivity contribution in [2.24, 2.45) is 0 Å². The topological polar surface area (TPSA) is 67.2 Å². The van der Waals surface area contributed by atoms with Crippen LogP contribution in [0.1, 0.15) is 42.4 Å². The number of anilines is 1. The molecule has 1 N–H and O–H groups in total. The lowest BCUT2D eigenvalue weighted by Gasteiger charge is -2.17. The van der Waals surface area contributed by atoms with Crippen LogP contribution in [0.2, 0.25) is 0 Å². The first kappa shape index (κ1) is 24.9. The highest BCUT2D eigenvalue weighted by Gasteiger charge is 2.22. The van der Waals surface area contributed by atoms with Crippen LogP contribution in [-0.2, 0) is 10.2 Å². The lowest BCUT2D eigenvalue weighted by molar-refractivity contribution is -0.116. The number of nitrogens with zero attached hydrogens (tertiary/aromatic N) is 3. The highest BCUT2D eigenvalue weighted by molar-refractivity contribution is 5.99. The molecule has 0 saturated carbocycles. The monoisotopic (exact) mass is 480 g/mol. The second-order valence-corrected chi connectivity index (χ2v) is 10.1. The summed E-state index contributed by atoms with van der Waals surface area (Å²) in [6.45, 7) is 8.18. The second-order valence-electron chi connectivity index (χ2n) is 10.1. The number of carbonyl (C=O) groups is 2. The van der Waals surface area contributed by atoms with Crippen molar-refractivity contribution in [3.05, 3.63) is 102 Å². The summed E-state index contributed by atoms with van der Waals surface area (Å²) >= 11 is 0. The van der Waals surface area contributed by atoms with Crippen molar-refractivity contribution in [2.75, 3.05) is 18.9 Å². The van der Waals surface area contributed by atoms with Crippen LogP contribution in [-0.4, -0.2) is 40.1 Å². The van der Waals surface area contributed by atoms with Crippen molar-refractivity contribution < 1.29 is 9.59 Å². The zero-order valence-electron chi connectivity index (χ0n) is 21.4. The van der Waals surface area contributed by atoms with Gasteiger partial charge in [0.25, 0.3) is 5.91 Å². The Morgan fingerprint density at radius 1 is 0.889 bits per heavy atom. The van der Waals surface area contributed by atoms with Crippen molar-refractivity contribution in [3.8, 4) is 16.8 Å². The van der Waals surface area contributed by atoms with Gasteiger partial charge in [-0.25, -0.2) is 4.68 Å². The van der Waals surface area contributed by atoms with Gasteiger partial charge >= 0.3 is 0 Å². The predicted octanol–water partition coefficient (Wildman–Crippen LogP) is 5.86. The molecule has 184 valence electrons. The molecule has 0 radical (unpaired) electrons. The van der Waals surface area contributed by atoms with Crippen molar-refractivity contribution in [2.45, 2.75) is 33.1 Å². The van der Waals surface area contributed by atoms with Crippen LogP contribution in [0.5, 0.6) is 0 Å². The van der Waals surface area contributed by atoms with Crippen molar-refractivity contribution >= 4 is 17.6 Å². The Hall–Kier alpha value is -4.19. The molecule has 2 amide bonds. The molecule has 6 heteroatoms. The molecule has 4 rings (SSSR count). The van der Waals surface area contributed by atoms with Gasteiger partial charge in [-0.2, -0.15) is 5.10 Å². The smallest absolute Gasteiger partial charge is 0.254 e. The third-order valence-electron chi connectivity index (χ3n) is 5.99. The van der Waals surface area contributed by atoms with E-state index in [4.69, 9.17) is 5.10 Å². The van der Waals surface area contributed by atoms with Crippen LogP contribution >= 0.6 is 0 Å². The van der Waals surface area contributed by atoms with Gasteiger partial charge in [-0.1, -0.05) is 80.9 Å². The van der Waals surface area contributed by atoms with E-state index in [1.165, 1.54) is 4.90 Å². The third-order valence-corrected chi connectivity index (χ3v) is 5.99. The summed E-state index contributed by atoms with van der Waals surface area (Å²) in [5.41, 5.74) is 5.33. The molecule has 4 aromatic rings. The number of carbonyl (C=O) groups excluding carboxylic acids is 2. The van der Waals surface area contributed by atoms with E-state index in [0.717, 1.165) is 28.1 Å². The van der Waals surface area contributed by atoms with E-state index in [1.54, 1.807) is 23.9 Å². The van der Waals surface area contributed by atoms with Crippen LogP contribution in [0.4, 0.5) is 5.82 Å². The number of rotatable bonds is 6. The summed E-state index contributed by atoms with van der Waals surface area (Å²) in [6, 6.07) is 27.3. The van der Waals surface area contributed by atoms with Crippen LogP contribution in [0.15, 0.2) is 84.9 Å².